The first-order valence-corrected chi connectivity index (χ1v) is 11.3. The molecule has 0 saturated carbocycles. The molecule has 9 heteroatoms. The first-order chi connectivity index (χ1) is 17.0. The average Bonchev–Trinajstić information content (AvgIpc) is 2.87. The number of nitrogens with zero attached hydrogens (tertiary/aromatic N) is 1. The minimum atomic E-state index is -0.436. The Balaban J connectivity index is 1.63. The maximum atomic E-state index is 12.5. The van der Waals surface area contributed by atoms with Gasteiger partial charge in [-0.2, -0.15) is 5.10 Å². The van der Waals surface area contributed by atoms with Crippen molar-refractivity contribution in [2.24, 2.45) is 5.10 Å². The second kappa shape index (κ2) is 13.0. The van der Waals surface area contributed by atoms with Crippen molar-refractivity contribution in [2.45, 2.75) is 0 Å². The summed E-state index contributed by atoms with van der Waals surface area (Å²) in [5.41, 5.74) is 4.06. The van der Waals surface area contributed by atoms with Crippen LogP contribution in [-0.4, -0.2) is 38.4 Å². The molecule has 8 nitrogen and oxygen atoms in total. The number of hydrogen-bond acceptors (Lipinski definition) is 6. The molecular weight excluding hydrogens is 514 g/mol. The van der Waals surface area contributed by atoms with E-state index in [0.29, 0.717) is 40.7 Å². The molecule has 180 valence electrons. The molecule has 3 aromatic rings. The Labute approximate surface area is 211 Å². The highest BCUT2D eigenvalue weighted by atomic mass is 79.9. The quantitative estimate of drug-likeness (QED) is 0.208. The van der Waals surface area contributed by atoms with Crippen LogP contribution in [0.5, 0.6) is 17.2 Å². The highest BCUT2D eigenvalue weighted by Crippen LogP contribution is 2.28. The van der Waals surface area contributed by atoms with Crippen LogP contribution in [0.25, 0.3) is 0 Å². The summed E-state index contributed by atoms with van der Waals surface area (Å²) in [6.07, 6.45) is 3.05. The number of para-hydroxylation sites is 1. The van der Waals surface area contributed by atoms with Crippen molar-refractivity contribution < 1.29 is 23.8 Å². The summed E-state index contributed by atoms with van der Waals surface area (Å²) < 4.78 is 17.2. The number of benzene rings is 3. The predicted octanol–water partition coefficient (Wildman–Crippen LogP) is 4.80. The number of hydrogen-bond donors (Lipinski definition) is 2. The fourth-order valence-electron chi connectivity index (χ4n) is 2.92. The first-order valence-electron chi connectivity index (χ1n) is 10.5. The van der Waals surface area contributed by atoms with Gasteiger partial charge in [0.25, 0.3) is 11.8 Å². The van der Waals surface area contributed by atoms with Crippen LogP contribution in [0.1, 0.15) is 15.9 Å². The van der Waals surface area contributed by atoms with Crippen LogP contribution in [-0.2, 0) is 4.79 Å². The van der Waals surface area contributed by atoms with Gasteiger partial charge in [-0.05, 0) is 48.5 Å². The van der Waals surface area contributed by atoms with E-state index in [9.17, 15) is 9.59 Å². The van der Waals surface area contributed by atoms with Gasteiger partial charge in [0.05, 0.1) is 13.3 Å². The van der Waals surface area contributed by atoms with E-state index in [1.165, 1.54) is 13.3 Å². The monoisotopic (exact) mass is 537 g/mol. The Hall–Kier alpha value is -4.11. The maximum absolute atomic E-state index is 12.5. The largest absolute Gasteiger partial charge is 0.493 e. The molecule has 3 rings (SSSR count). The number of halogens is 1. The summed E-state index contributed by atoms with van der Waals surface area (Å²) in [4.78, 5) is 24.7. The Bertz CT molecular complexity index is 1210. The summed E-state index contributed by atoms with van der Waals surface area (Å²) in [6.45, 7) is 3.73. The van der Waals surface area contributed by atoms with Crippen LogP contribution in [0.2, 0.25) is 0 Å². The summed E-state index contributed by atoms with van der Waals surface area (Å²) in [5, 5.41) is 6.79. The SMILES string of the molecule is C=CCOc1ccc(C(=O)N/N=C/c2cc(Br)ccc2OCC(=O)Nc2ccccc2)cc1OC. The summed E-state index contributed by atoms with van der Waals surface area (Å²) in [7, 11) is 1.49. The third-order valence-corrected chi connectivity index (χ3v) is 5.03. The van der Waals surface area contributed by atoms with Crippen molar-refractivity contribution in [3.05, 3.63) is 95.0 Å². The van der Waals surface area contributed by atoms with Crippen LogP contribution >= 0.6 is 15.9 Å². The molecule has 3 aromatic carbocycles. The predicted molar refractivity (Wildman–Crippen MR) is 138 cm³/mol. The van der Waals surface area contributed by atoms with E-state index in [-0.39, 0.29) is 12.5 Å². The Morgan fingerprint density at radius 2 is 1.77 bits per heavy atom. The first kappa shape index (κ1) is 25.5. The second-order valence-corrected chi connectivity index (χ2v) is 7.97. The smallest absolute Gasteiger partial charge is 0.271 e. The van der Waals surface area contributed by atoms with E-state index in [1.807, 2.05) is 18.2 Å². The maximum Gasteiger partial charge on any atom is 0.271 e. The molecule has 0 atom stereocenters. The minimum absolute atomic E-state index is 0.191. The average molecular weight is 538 g/mol. The molecule has 0 heterocycles. The van der Waals surface area contributed by atoms with Crippen molar-refractivity contribution in [1.82, 2.24) is 5.43 Å². The minimum Gasteiger partial charge on any atom is -0.493 e. The molecule has 0 aromatic heterocycles. The van der Waals surface area contributed by atoms with Gasteiger partial charge in [0.15, 0.2) is 18.1 Å². The molecule has 0 aliphatic carbocycles. The summed E-state index contributed by atoms with van der Waals surface area (Å²) in [5.74, 6) is 0.610. The van der Waals surface area contributed by atoms with Gasteiger partial charge in [0, 0.05) is 21.3 Å². The lowest BCUT2D eigenvalue weighted by molar-refractivity contribution is -0.118. The Morgan fingerprint density at radius 3 is 2.51 bits per heavy atom. The molecule has 0 unspecified atom stereocenters. The molecule has 0 aliphatic heterocycles. The number of carbonyl (C=O) groups excluding carboxylic acids is 2. The van der Waals surface area contributed by atoms with Crippen LogP contribution < -0.4 is 25.0 Å². The van der Waals surface area contributed by atoms with Crippen molar-refractivity contribution in [3.63, 3.8) is 0 Å². The van der Waals surface area contributed by atoms with Crippen LogP contribution in [0, 0.1) is 0 Å². The van der Waals surface area contributed by atoms with E-state index < -0.39 is 5.91 Å². The normalized spacial score (nSPS) is 10.5. The summed E-state index contributed by atoms with van der Waals surface area (Å²) in [6, 6.07) is 19.1. The molecule has 0 spiro atoms. The summed E-state index contributed by atoms with van der Waals surface area (Å²) >= 11 is 3.40. The number of nitrogens with one attached hydrogen (secondary N) is 2. The van der Waals surface area contributed by atoms with Crippen molar-refractivity contribution in [3.8, 4) is 17.2 Å². The van der Waals surface area contributed by atoms with Gasteiger partial charge in [0.1, 0.15) is 12.4 Å². The van der Waals surface area contributed by atoms with Crippen LogP contribution in [0.4, 0.5) is 5.69 Å². The van der Waals surface area contributed by atoms with E-state index in [2.05, 4.69) is 38.4 Å². The molecule has 2 N–H and O–H groups in total. The number of methoxy groups -OCH3 is 1. The molecule has 0 saturated heterocycles. The van der Waals surface area contributed by atoms with Gasteiger partial charge < -0.3 is 19.5 Å². The van der Waals surface area contributed by atoms with Gasteiger partial charge in [-0.3, -0.25) is 9.59 Å². The van der Waals surface area contributed by atoms with Crippen LogP contribution in [0.15, 0.2) is 89.0 Å². The molecule has 0 fully saturated rings. The van der Waals surface area contributed by atoms with Gasteiger partial charge in [-0.15, -0.1) is 0 Å². The van der Waals surface area contributed by atoms with E-state index in [4.69, 9.17) is 14.2 Å². The van der Waals surface area contributed by atoms with Gasteiger partial charge >= 0.3 is 0 Å². The molecular formula is C26H24BrN3O5. The second-order valence-electron chi connectivity index (χ2n) is 7.05. The van der Waals surface area contributed by atoms with Gasteiger partial charge in [-0.1, -0.05) is 46.8 Å². The van der Waals surface area contributed by atoms with E-state index >= 15 is 0 Å². The standard InChI is InChI=1S/C26H24BrN3O5/c1-3-13-34-23-11-9-18(15-24(23)33-2)26(32)30-28-16-19-14-20(27)10-12-22(19)35-17-25(31)29-21-7-5-4-6-8-21/h3-12,14-16H,1,13,17H2,2H3,(H,29,31)(H,30,32)/b28-16+. The third-order valence-electron chi connectivity index (χ3n) is 4.54. The van der Waals surface area contributed by atoms with Gasteiger partial charge in [0.2, 0.25) is 0 Å². The van der Waals surface area contributed by atoms with E-state index in [1.54, 1.807) is 54.6 Å². The number of anilines is 1. The number of rotatable bonds is 11. The van der Waals surface area contributed by atoms with Crippen LogP contribution in [0.3, 0.4) is 0 Å². The van der Waals surface area contributed by atoms with Crippen molar-refractivity contribution in [1.29, 1.82) is 0 Å². The fraction of sp³-hybridized carbons (Fsp3) is 0.115. The van der Waals surface area contributed by atoms with Crippen molar-refractivity contribution in [2.75, 3.05) is 25.6 Å². The van der Waals surface area contributed by atoms with Gasteiger partial charge in [-0.25, -0.2) is 5.43 Å². The highest BCUT2D eigenvalue weighted by Gasteiger charge is 2.11. The van der Waals surface area contributed by atoms with E-state index in [0.717, 1.165) is 4.47 Å². The topological polar surface area (TPSA) is 98.3 Å². The zero-order chi connectivity index (χ0) is 25.0. The molecule has 0 radical (unpaired) electrons. The zero-order valence-corrected chi connectivity index (χ0v) is 20.6. The number of carbonyl (C=O) groups is 2. The lowest BCUT2D eigenvalue weighted by Crippen LogP contribution is -2.20. The molecule has 0 bridgehead atoms. The molecule has 35 heavy (non-hydrogen) atoms. The zero-order valence-electron chi connectivity index (χ0n) is 19.0. The third kappa shape index (κ3) is 7.72. The van der Waals surface area contributed by atoms with Crippen molar-refractivity contribution >= 4 is 39.6 Å². The fourth-order valence-corrected chi connectivity index (χ4v) is 3.29. The lowest BCUT2D eigenvalue weighted by atomic mass is 10.2. The molecule has 0 aliphatic rings. The number of amides is 2. The Kier molecular flexibility index (Phi) is 9.44. The lowest BCUT2D eigenvalue weighted by Gasteiger charge is -2.11. The molecule has 2 amide bonds. The Morgan fingerprint density at radius 1 is 1.00 bits per heavy atom. The number of hydrazone groups is 1. The number of ether oxygens (including phenoxy) is 3. The highest BCUT2D eigenvalue weighted by molar-refractivity contribution is 9.10.